The minimum absolute atomic E-state index is 0.0404. The highest BCUT2D eigenvalue weighted by Crippen LogP contribution is 2.50. The van der Waals surface area contributed by atoms with Crippen LogP contribution in [0.25, 0.3) is 0 Å². The van der Waals surface area contributed by atoms with Crippen molar-refractivity contribution in [2.75, 3.05) is 5.32 Å². The van der Waals surface area contributed by atoms with Crippen LogP contribution >= 0.6 is 0 Å². The van der Waals surface area contributed by atoms with Crippen LogP contribution in [0.4, 0.5) is 14.5 Å². The summed E-state index contributed by atoms with van der Waals surface area (Å²) in [5.74, 6) is -0.162. The molecule has 0 saturated heterocycles. The van der Waals surface area contributed by atoms with Crippen molar-refractivity contribution in [1.29, 1.82) is 0 Å². The van der Waals surface area contributed by atoms with Gasteiger partial charge in [0.1, 0.15) is 11.6 Å². The zero-order valence-corrected chi connectivity index (χ0v) is 13.9. The molecular weight excluding hydrogens is 304 g/mol. The van der Waals surface area contributed by atoms with E-state index in [-0.39, 0.29) is 12.0 Å². The number of anilines is 1. The third-order valence-corrected chi connectivity index (χ3v) is 5.35. The smallest absolute Gasteiger partial charge is 0.149 e. The Kier molecular flexibility index (Phi) is 3.67. The lowest BCUT2D eigenvalue weighted by Crippen LogP contribution is -2.29. The largest absolute Gasteiger partial charge is 0.375 e. The average molecular weight is 325 g/mol. The summed E-state index contributed by atoms with van der Waals surface area (Å²) in [5, 5.41) is 3.35. The lowest BCUT2D eigenvalue weighted by atomic mass is 9.76. The van der Waals surface area contributed by atoms with Crippen LogP contribution in [0, 0.1) is 17.6 Å². The van der Waals surface area contributed by atoms with Gasteiger partial charge in [-0.05, 0) is 41.0 Å². The van der Waals surface area contributed by atoms with Gasteiger partial charge < -0.3 is 5.32 Å². The molecule has 1 heterocycles. The Morgan fingerprint density at radius 1 is 1.08 bits per heavy atom. The van der Waals surface area contributed by atoms with Gasteiger partial charge in [0.2, 0.25) is 0 Å². The number of hydrogen-bond donors (Lipinski definition) is 1. The molecule has 1 aliphatic carbocycles. The molecule has 1 N–H and O–H groups in total. The Bertz CT molecular complexity index is 792. The van der Waals surface area contributed by atoms with E-state index in [1.54, 1.807) is 0 Å². The van der Waals surface area contributed by atoms with E-state index in [1.165, 1.54) is 11.6 Å². The Morgan fingerprint density at radius 2 is 1.83 bits per heavy atom. The highest BCUT2D eigenvalue weighted by Gasteiger charge is 2.39. The first-order valence-electron chi connectivity index (χ1n) is 8.56. The van der Waals surface area contributed by atoms with Gasteiger partial charge in [0, 0.05) is 12.0 Å². The summed E-state index contributed by atoms with van der Waals surface area (Å²) in [5.41, 5.74) is 3.64. The molecule has 3 atom stereocenters. The highest BCUT2D eigenvalue weighted by atomic mass is 19.1. The number of nitrogens with one attached hydrogen (secondary N) is 1. The monoisotopic (exact) mass is 325 g/mol. The highest BCUT2D eigenvalue weighted by molar-refractivity contribution is 5.60. The van der Waals surface area contributed by atoms with E-state index >= 15 is 0 Å². The molecule has 1 nitrogen and oxygen atoms in total. The molecule has 1 aliphatic heterocycles. The lowest BCUT2D eigenvalue weighted by molar-refractivity contribution is 0.418. The summed E-state index contributed by atoms with van der Waals surface area (Å²) in [6, 6.07) is 11.0. The van der Waals surface area contributed by atoms with Crippen LogP contribution in [-0.4, -0.2) is 0 Å². The molecule has 0 fully saturated rings. The molecule has 0 radical (unpaired) electrons. The maximum atomic E-state index is 14.3. The van der Waals surface area contributed by atoms with Gasteiger partial charge in [-0.15, -0.1) is 0 Å². The maximum Gasteiger partial charge on any atom is 0.149 e. The maximum absolute atomic E-state index is 14.3. The van der Waals surface area contributed by atoms with Crippen LogP contribution in [0.15, 0.2) is 48.6 Å². The number of halogens is 2. The van der Waals surface area contributed by atoms with Crippen LogP contribution in [0.2, 0.25) is 0 Å². The zero-order valence-electron chi connectivity index (χ0n) is 13.9. The van der Waals surface area contributed by atoms with Crippen LogP contribution < -0.4 is 5.32 Å². The summed E-state index contributed by atoms with van der Waals surface area (Å²) in [7, 11) is 0. The second-order valence-corrected chi connectivity index (χ2v) is 7.15. The molecule has 0 spiro atoms. The van der Waals surface area contributed by atoms with Crippen molar-refractivity contribution in [2.24, 2.45) is 5.92 Å². The van der Waals surface area contributed by atoms with Gasteiger partial charge in [0.05, 0.1) is 11.7 Å². The van der Waals surface area contributed by atoms with Crippen LogP contribution in [0.5, 0.6) is 0 Å². The predicted octanol–water partition coefficient (Wildman–Crippen LogP) is 5.91. The predicted molar refractivity (Wildman–Crippen MR) is 93.2 cm³/mol. The first-order valence-corrected chi connectivity index (χ1v) is 8.56. The molecule has 2 aromatic rings. The average Bonchev–Trinajstić information content (AvgIpc) is 3.04. The molecule has 0 amide bonds. The zero-order chi connectivity index (χ0) is 16.8. The van der Waals surface area contributed by atoms with Crippen LogP contribution in [0.1, 0.15) is 54.8 Å². The van der Waals surface area contributed by atoms with Crippen molar-refractivity contribution in [3.63, 3.8) is 0 Å². The molecule has 124 valence electrons. The Balaban J connectivity index is 1.75. The van der Waals surface area contributed by atoms with E-state index in [0.29, 0.717) is 17.5 Å². The first-order chi connectivity index (χ1) is 11.5. The third-order valence-electron chi connectivity index (χ3n) is 5.35. The van der Waals surface area contributed by atoms with Crippen molar-refractivity contribution >= 4 is 5.69 Å². The Hall–Kier alpha value is -2.16. The number of hydrogen-bond acceptors (Lipinski definition) is 1. The minimum Gasteiger partial charge on any atom is -0.375 e. The van der Waals surface area contributed by atoms with Gasteiger partial charge >= 0.3 is 0 Å². The van der Waals surface area contributed by atoms with E-state index in [0.717, 1.165) is 23.6 Å². The van der Waals surface area contributed by atoms with E-state index < -0.39 is 11.6 Å². The SMILES string of the molecule is CC(C)c1ccc([C@@H]2Nc3c(F)cc(F)cc3[C@@H]3C=CC[C@H]32)cc1. The number of benzene rings is 2. The number of rotatable bonds is 2. The van der Waals surface area contributed by atoms with Crippen LogP contribution in [-0.2, 0) is 0 Å². The van der Waals surface area contributed by atoms with Gasteiger partial charge in [-0.2, -0.15) is 0 Å². The van der Waals surface area contributed by atoms with E-state index in [2.05, 4.69) is 55.6 Å². The van der Waals surface area contributed by atoms with Crippen LogP contribution in [0.3, 0.4) is 0 Å². The third kappa shape index (κ3) is 2.43. The molecule has 0 saturated carbocycles. The van der Waals surface area contributed by atoms with Gasteiger partial charge in [-0.25, -0.2) is 8.78 Å². The fraction of sp³-hybridized carbons (Fsp3) is 0.333. The summed E-state index contributed by atoms with van der Waals surface area (Å²) < 4.78 is 28.0. The van der Waals surface area contributed by atoms with Gasteiger partial charge in [-0.3, -0.25) is 0 Å². The molecule has 0 unspecified atom stereocenters. The summed E-state index contributed by atoms with van der Waals surface area (Å²) in [4.78, 5) is 0. The van der Waals surface area contributed by atoms with Crippen molar-refractivity contribution in [1.82, 2.24) is 0 Å². The van der Waals surface area contributed by atoms with E-state index in [1.807, 2.05) is 0 Å². The van der Waals surface area contributed by atoms with E-state index in [9.17, 15) is 8.78 Å². The minimum atomic E-state index is -0.508. The molecule has 4 rings (SSSR count). The Labute approximate surface area is 141 Å². The van der Waals surface area contributed by atoms with Gasteiger partial charge in [0.25, 0.3) is 0 Å². The van der Waals surface area contributed by atoms with Crippen molar-refractivity contribution in [2.45, 2.75) is 38.1 Å². The van der Waals surface area contributed by atoms with Crippen molar-refractivity contribution in [3.8, 4) is 0 Å². The fourth-order valence-corrected chi connectivity index (χ4v) is 4.04. The van der Waals surface area contributed by atoms with Crippen molar-refractivity contribution in [3.05, 3.63) is 76.9 Å². The first kappa shape index (κ1) is 15.4. The lowest BCUT2D eigenvalue weighted by Gasteiger charge is -2.37. The quantitative estimate of drug-likeness (QED) is 0.676. The van der Waals surface area contributed by atoms with Gasteiger partial charge in [0.15, 0.2) is 0 Å². The molecule has 0 aromatic heterocycles. The number of allylic oxidation sites excluding steroid dienone is 2. The topological polar surface area (TPSA) is 12.0 Å². The second-order valence-electron chi connectivity index (χ2n) is 7.15. The normalized spacial score (nSPS) is 24.6. The number of fused-ring (bicyclic) bond motifs is 3. The summed E-state index contributed by atoms with van der Waals surface area (Å²) in [6.45, 7) is 4.34. The van der Waals surface area contributed by atoms with Crippen molar-refractivity contribution < 1.29 is 8.78 Å². The molecule has 2 aromatic carbocycles. The molecule has 0 bridgehead atoms. The molecule has 24 heavy (non-hydrogen) atoms. The molecule has 3 heteroatoms. The summed E-state index contributed by atoms with van der Waals surface area (Å²) >= 11 is 0. The molecular formula is C21H21F2N. The second kappa shape index (κ2) is 5.73. The summed E-state index contributed by atoms with van der Waals surface area (Å²) in [6.07, 6.45) is 5.15. The fourth-order valence-electron chi connectivity index (χ4n) is 4.04. The van der Waals surface area contributed by atoms with E-state index in [4.69, 9.17) is 0 Å². The Morgan fingerprint density at radius 3 is 2.54 bits per heavy atom. The van der Waals surface area contributed by atoms with Gasteiger partial charge in [-0.1, -0.05) is 50.3 Å². The standard InChI is InChI=1S/C21H21F2N/c1-12(2)13-6-8-14(9-7-13)20-17-5-3-4-16(17)18-10-15(22)11-19(23)21(18)24-20/h3-4,6-12,16-17,20,24H,5H2,1-2H3/t16-,17-,20+/m1/s1. The molecule has 2 aliphatic rings.